The maximum absolute atomic E-state index is 13.6. The number of halogens is 4. The van der Waals surface area contributed by atoms with Crippen molar-refractivity contribution in [3.63, 3.8) is 0 Å². The molecule has 0 spiro atoms. The van der Waals surface area contributed by atoms with Gasteiger partial charge in [-0.2, -0.15) is 0 Å². The van der Waals surface area contributed by atoms with Crippen LogP contribution in [0.5, 0.6) is 11.5 Å². The van der Waals surface area contributed by atoms with Crippen LogP contribution in [0.4, 0.5) is 13.2 Å². The molecule has 0 aliphatic heterocycles. The molecular formula is C28H23ClF3NO5. The number of carboxylic acids is 1. The number of hydrogen-bond donors (Lipinski definition) is 1. The van der Waals surface area contributed by atoms with E-state index >= 15 is 0 Å². The highest BCUT2D eigenvalue weighted by Gasteiger charge is 2.32. The number of carbonyl (C=O) groups is 2. The van der Waals surface area contributed by atoms with Crippen molar-refractivity contribution in [3.05, 3.63) is 88.6 Å². The zero-order valence-electron chi connectivity index (χ0n) is 20.4. The second-order valence-electron chi connectivity index (χ2n) is 8.59. The van der Waals surface area contributed by atoms with Crippen molar-refractivity contribution in [3.8, 4) is 17.2 Å². The van der Waals surface area contributed by atoms with Crippen molar-refractivity contribution >= 4 is 34.3 Å². The number of carboxylic acid groups (broad SMARTS) is 1. The third-order valence-corrected chi connectivity index (χ3v) is 6.18. The minimum absolute atomic E-state index is 0.262. The number of rotatable bonds is 9. The van der Waals surface area contributed by atoms with Crippen molar-refractivity contribution in [2.24, 2.45) is 0 Å². The predicted octanol–water partition coefficient (Wildman–Crippen LogP) is 7.35. The predicted molar refractivity (Wildman–Crippen MR) is 137 cm³/mol. The zero-order chi connectivity index (χ0) is 27.6. The summed E-state index contributed by atoms with van der Waals surface area (Å²) in [7, 11) is 0. The molecule has 1 N–H and O–H groups in total. The lowest BCUT2D eigenvalue weighted by Gasteiger charge is -2.16. The molecule has 0 amide bonds. The van der Waals surface area contributed by atoms with Gasteiger partial charge in [0.15, 0.2) is 11.9 Å². The molecule has 0 bridgehead atoms. The van der Waals surface area contributed by atoms with Crippen LogP contribution in [0.3, 0.4) is 0 Å². The van der Waals surface area contributed by atoms with Gasteiger partial charge in [0.05, 0.1) is 11.1 Å². The van der Waals surface area contributed by atoms with Crippen LogP contribution in [0.15, 0.2) is 66.7 Å². The molecule has 4 aromatic rings. The average Bonchev–Trinajstić information content (AvgIpc) is 3.13. The van der Waals surface area contributed by atoms with Crippen molar-refractivity contribution in [2.75, 3.05) is 0 Å². The molecule has 10 heteroatoms. The number of nitrogens with zero attached hydrogens (tertiary/aromatic N) is 1. The average molecular weight is 546 g/mol. The molecule has 1 heterocycles. The van der Waals surface area contributed by atoms with Gasteiger partial charge in [-0.1, -0.05) is 31.0 Å². The largest absolute Gasteiger partial charge is 0.573 e. The highest BCUT2D eigenvalue weighted by atomic mass is 35.5. The number of ether oxygens (including phenoxy) is 2. The van der Waals surface area contributed by atoms with Crippen LogP contribution in [-0.4, -0.2) is 33.9 Å². The van der Waals surface area contributed by atoms with E-state index in [1.165, 1.54) is 12.1 Å². The van der Waals surface area contributed by atoms with Gasteiger partial charge >= 0.3 is 12.3 Å². The van der Waals surface area contributed by atoms with E-state index in [9.17, 15) is 27.9 Å². The Morgan fingerprint density at radius 3 is 2.37 bits per heavy atom. The van der Waals surface area contributed by atoms with Gasteiger partial charge < -0.3 is 19.1 Å². The van der Waals surface area contributed by atoms with E-state index in [1.54, 1.807) is 60.0 Å². The van der Waals surface area contributed by atoms with Gasteiger partial charge in [-0.15, -0.1) is 13.2 Å². The first-order chi connectivity index (χ1) is 18.0. The fourth-order valence-corrected chi connectivity index (χ4v) is 4.44. The second kappa shape index (κ2) is 10.8. The Morgan fingerprint density at radius 1 is 1.03 bits per heavy atom. The summed E-state index contributed by atoms with van der Waals surface area (Å²) in [4.78, 5) is 25.1. The summed E-state index contributed by atoms with van der Waals surface area (Å²) >= 11 is 5.96. The maximum atomic E-state index is 13.6. The van der Waals surface area contributed by atoms with Gasteiger partial charge in [0.1, 0.15) is 11.5 Å². The number of benzene rings is 3. The van der Waals surface area contributed by atoms with E-state index in [-0.39, 0.29) is 11.5 Å². The molecule has 4 rings (SSSR count). The SMILES string of the molecule is CCCC(Oc1cccc(-n2c(C)c(C(=O)c3ccc(Cl)cc3)c3ccc(OC(F)(F)F)cc32)c1)C(=O)O. The van der Waals surface area contributed by atoms with Gasteiger partial charge in [0.2, 0.25) is 0 Å². The van der Waals surface area contributed by atoms with Crippen molar-refractivity contribution in [1.29, 1.82) is 0 Å². The minimum Gasteiger partial charge on any atom is -0.479 e. The Balaban J connectivity index is 1.89. The van der Waals surface area contributed by atoms with Gasteiger partial charge in [0.25, 0.3) is 0 Å². The van der Waals surface area contributed by atoms with Gasteiger partial charge in [-0.25, -0.2) is 4.79 Å². The number of fused-ring (bicyclic) bond motifs is 1. The summed E-state index contributed by atoms with van der Waals surface area (Å²) in [6, 6.07) is 16.6. The second-order valence-corrected chi connectivity index (χ2v) is 9.03. The third kappa shape index (κ3) is 5.78. The minimum atomic E-state index is -4.90. The third-order valence-electron chi connectivity index (χ3n) is 5.92. The van der Waals surface area contributed by atoms with Crippen LogP contribution in [0.1, 0.15) is 41.4 Å². The Bertz CT molecular complexity index is 1500. The molecule has 0 saturated heterocycles. The van der Waals surface area contributed by atoms with E-state index in [0.717, 1.165) is 6.07 Å². The number of alkyl halides is 3. The maximum Gasteiger partial charge on any atom is 0.573 e. The van der Waals surface area contributed by atoms with E-state index in [2.05, 4.69) is 4.74 Å². The van der Waals surface area contributed by atoms with Gasteiger partial charge in [0, 0.05) is 39.5 Å². The number of carbonyl (C=O) groups excluding carboxylic acids is 1. The molecule has 6 nitrogen and oxygen atoms in total. The summed E-state index contributed by atoms with van der Waals surface area (Å²) in [5, 5.41) is 10.3. The zero-order valence-corrected chi connectivity index (χ0v) is 21.1. The summed E-state index contributed by atoms with van der Waals surface area (Å²) in [5.74, 6) is -1.63. The van der Waals surface area contributed by atoms with Crippen LogP contribution >= 0.6 is 11.6 Å². The molecule has 0 saturated carbocycles. The Labute approximate surface area is 221 Å². The number of ketones is 1. The van der Waals surface area contributed by atoms with E-state index in [0.29, 0.717) is 51.3 Å². The Hall–Kier alpha value is -3.98. The van der Waals surface area contributed by atoms with Gasteiger partial charge in [-0.05, 0) is 61.9 Å². The highest BCUT2D eigenvalue weighted by molar-refractivity contribution is 6.30. The summed E-state index contributed by atoms with van der Waals surface area (Å²) in [6.45, 7) is 3.52. The molecule has 3 aromatic carbocycles. The molecule has 0 radical (unpaired) electrons. The Morgan fingerprint density at radius 2 is 1.74 bits per heavy atom. The molecule has 38 heavy (non-hydrogen) atoms. The molecule has 0 fully saturated rings. The van der Waals surface area contributed by atoms with Crippen molar-refractivity contribution in [1.82, 2.24) is 4.57 Å². The molecule has 1 aromatic heterocycles. The van der Waals surface area contributed by atoms with E-state index in [1.807, 2.05) is 6.92 Å². The number of aliphatic carboxylic acids is 1. The normalized spacial score (nSPS) is 12.4. The van der Waals surface area contributed by atoms with Crippen molar-refractivity contribution in [2.45, 2.75) is 39.2 Å². The van der Waals surface area contributed by atoms with Crippen LogP contribution in [-0.2, 0) is 4.79 Å². The van der Waals surface area contributed by atoms with E-state index < -0.39 is 24.2 Å². The van der Waals surface area contributed by atoms with Crippen molar-refractivity contribution < 1.29 is 37.3 Å². The van der Waals surface area contributed by atoms with Crippen LogP contribution in [0.25, 0.3) is 16.6 Å². The lowest BCUT2D eigenvalue weighted by molar-refractivity contribution is -0.274. The quantitative estimate of drug-likeness (QED) is 0.222. The molecule has 1 unspecified atom stereocenters. The lowest BCUT2D eigenvalue weighted by Crippen LogP contribution is -2.26. The lowest BCUT2D eigenvalue weighted by atomic mass is 10.0. The van der Waals surface area contributed by atoms with Gasteiger partial charge in [-0.3, -0.25) is 4.79 Å². The number of aromatic nitrogens is 1. The van der Waals surface area contributed by atoms with E-state index in [4.69, 9.17) is 16.3 Å². The fraction of sp³-hybridized carbons (Fsp3) is 0.214. The Kier molecular flexibility index (Phi) is 7.68. The summed E-state index contributed by atoms with van der Waals surface area (Å²) < 4.78 is 50.4. The molecule has 0 aliphatic rings. The standard InChI is InChI=1S/C28H23ClF3NO5/c1-3-5-24(27(35)36)37-20-7-4-6-19(14-20)33-16(2)25(26(34)17-8-10-18(29)11-9-17)22-13-12-21(15-23(22)33)38-28(30,31)32/h4,6-15,24H,3,5H2,1-2H3,(H,35,36). The topological polar surface area (TPSA) is 77.8 Å². The summed E-state index contributed by atoms with van der Waals surface area (Å²) in [6.07, 6.45) is -5.08. The summed E-state index contributed by atoms with van der Waals surface area (Å²) in [5.41, 5.74) is 1.87. The first-order valence-electron chi connectivity index (χ1n) is 11.7. The molecule has 198 valence electrons. The molecule has 1 atom stereocenters. The molecule has 0 aliphatic carbocycles. The molecular weight excluding hydrogens is 523 g/mol. The fourth-order valence-electron chi connectivity index (χ4n) is 4.31. The van der Waals surface area contributed by atoms with Crippen LogP contribution in [0, 0.1) is 6.92 Å². The highest BCUT2D eigenvalue weighted by Crippen LogP contribution is 2.35. The first-order valence-corrected chi connectivity index (χ1v) is 12.1. The van der Waals surface area contributed by atoms with Crippen LogP contribution < -0.4 is 9.47 Å². The van der Waals surface area contributed by atoms with Crippen LogP contribution in [0.2, 0.25) is 5.02 Å². The first kappa shape index (κ1) is 27.1. The number of hydrogen-bond acceptors (Lipinski definition) is 4. The monoisotopic (exact) mass is 545 g/mol. The smallest absolute Gasteiger partial charge is 0.479 e.